The molecule has 0 spiro atoms. The van der Waals surface area contributed by atoms with Gasteiger partial charge in [0.15, 0.2) is 0 Å². The first-order valence-corrected chi connectivity index (χ1v) is 7.23. The summed E-state index contributed by atoms with van der Waals surface area (Å²) in [5.74, 6) is 0. The van der Waals surface area contributed by atoms with Gasteiger partial charge >= 0.3 is 0 Å². The van der Waals surface area contributed by atoms with Crippen molar-refractivity contribution in [3.8, 4) is 0 Å². The molecular formula is C16H25NO. The lowest BCUT2D eigenvalue weighted by Crippen LogP contribution is -2.30. The number of hydrogen-bond acceptors (Lipinski definition) is 2. The van der Waals surface area contributed by atoms with Gasteiger partial charge in [-0.25, -0.2) is 0 Å². The lowest BCUT2D eigenvalue weighted by Gasteiger charge is -2.21. The maximum atomic E-state index is 5.86. The summed E-state index contributed by atoms with van der Waals surface area (Å²) in [7, 11) is 0. The summed E-state index contributed by atoms with van der Waals surface area (Å²) in [6.07, 6.45) is 5.64. The second-order valence-electron chi connectivity index (χ2n) is 5.31. The van der Waals surface area contributed by atoms with E-state index in [9.17, 15) is 0 Å². The fourth-order valence-electron chi connectivity index (χ4n) is 2.67. The van der Waals surface area contributed by atoms with Crippen molar-refractivity contribution >= 4 is 0 Å². The van der Waals surface area contributed by atoms with E-state index in [4.69, 9.17) is 4.74 Å². The van der Waals surface area contributed by atoms with Gasteiger partial charge < -0.3 is 10.1 Å². The number of benzene rings is 1. The zero-order chi connectivity index (χ0) is 12.8. The number of ether oxygens (including phenoxy) is 1. The van der Waals surface area contributed by atoms with Gasteiger partial charge in [-0.15, -0.1) is 0 Å². The van der Waals surface area contributed by atoms with E-state index in [-0.39, 0.29) is 0 Å². The van der Waals surface area contributed by atoms with Crippen molar-refractivity contribution in [3.05, 3.63) is 35.9 Å². The van der Waals surface area contributed by atoms with Crippen LogP contribution >= 0.6 is 0 Å². The van der Waals surface area contributed by atoms with Crippen LogP contribution in [0.4, 0.5) is 0 Å². The Labute approximate surface area is 111 Å². The molecule has 0 amide bonds. The molecule has 0 aromatic heterocycles. The molecule has 1 heterocycles. The van der Waals surface area contributed by atoms with E-state index in [1.54, 1.807) is 0 Å². The molecule has 1 aromatic carbocycles. The second-order valence-corrected chi connectivity index (χ2v) is 5.31. The Kier molecular flexibility index (Phi) is 5.21. The Morgan fingerprint density at radius 2 is 2.06 bits per heavy atom. The zero-order valence-corrected chi connectivity index (χ0v) is 11.6. The van der Waals surface area contributed by atoms with Gasteiger partial charge in [0.05, 0.1) is 12.2 Å². The molecule has 18 heavy (non-hydrogen) atoms. The van der Waals surface area contributed by atoms with Crippen LogP contribution < -0.4 is 5.32 Å². The standard InChI is InChI=1S/C16H25NO/c1-3-7-16(14-8-5-4-6-9-14)17-12-15-11-10-13(2)18-15/h4-6,8-9,13,15-17H,3,7,10-12H2,1-2H3. The highest BCUT2D eigenvalue weighted by molar-refractivity contribution is 5.18. The Hall–Kier alpha value is -0.860. The highest BCUT2D eigenvalue weighted by atomic mass is 16.5. The van der Waals surface area contributed by atoms with Crippen LogP contribution in [0.1, 0.15) is 51.1 Å². The smallest absolute Gasteiger partial charge is 0.0704 e. The first-order valence-electron chi connectivity index (χ1n) is 7.23. The zero-order valence-electron chi connectivity index (χ0n) is 11.6. The van der Waals surface area contributed by atoms with E-state index >= 15 is 0 Å². The molecular weight excluding hydrogens is 222 g/mol. The third-order valence-corrected chi connectivity index (χ3v) is 3.69. The van der Waals surface area contributed by atoms with Gasteiger partial charge in [0.1, 0.15) is 0 Å². The van der Waals surface area contributed by atoms with Crippen LogP contribution in [-0.2, 0) is 4.74 Å². The predicted octanol–water partition coefficient (Wildman–Crippen LogP) is 3.68. The van der Waals surface area contributed by atoms with Gasteiger partial charge in [-0.3, -0.25) is 0 Å². The van der Waals surface area contributed by atoms with Crippen LogP contribution in [0.15, 0.2) is 30.3 Å². The Morgan fingerprint density at radius 1 is 1.28 bits per heavy atom. The van der Waals surface area contributed by atoms with E-state index < -0.39 is 0 Å². The Balaban J connectivity index is 1.87. The number of rotatable bonds is 6. The largest absolute Gasteiger partial charge is 0.374 e. The van der Waals surface area contributed by atoms with Crippen molar-refractivity contribution in [2.24, 2.45) is 0 Å². The summed E-state index contributed by atoms with van der Waals surface area (Å²) in [5.41, 5.74) is 1.39. The average molecular weight is 247 g/mol. The van der Waals surface area contributed by atoms with Crippen LogP contribution in [0.2, 0.25) is 0 Å². The van der Waals surface area contributed by atoms with Gasteiger partial charge in [-0.05, 0) is 31.7 Å². The summed E-state index contributed by atoms with van der Waals surface area (Å²) in [6, 6.07) is 11.2. The summed E-state index contributed by atoms with van der Waals surface area (Å²) < 4.78 is 5.86. The topological polar surface area (TPSA) is 21.3 Å². The Morgan fingerprint density at radius 3 is 2.67 bits per heavy atom. The molecule has 2 rings (SSSR count). The van der Waals surface area contributed by atoms with Crippen molar-refractivity contribution in [1.29, 1.82) is 0 Å². The van der Waals surface area contributed by atoms with Crippen molar-refractivity contribution in [2.45, 2.75) is 57.8 Å². The van der Waals surface area contributed by atoms with Crippen LogP contribution in [0.25, 0.3) is 0 Å². The molecule has 1 aliphatic heterocycles. The summed E-state index contributed by atoms with van der Waals surface area (Å²) in [5, 5.41) is 3.67. The predicted molar refractivity (Wildman–Crippen MR) is 75.7 cm³/mol. The van der Waals surface area contributed by atoms with Crippen molar-refractivity contribution in [2.75, 3.05) is 6.54 Å². The van der Waals surface area contributed by atoms with Crippen LogP contribution in [0, 0.1) is 0 Å². The first-order chi connectivity index (χ1) is 8.79. The van der Waals surface area contributed by atoms with E-state index in [0.29, 0.717) is 18.2 Å². The summed E-state index contributed by atoms with van der Waals surface area (Å²) in [4.78, 5) is 0. The fraction of sp³-hybridized carbons (Fsp3) is 0.625. The molecule has 1 saturated heterocycles. The average Bonchev–Trinajstić information content (AvgIpc) is 2.81. The van der Waals surface area contributed by atoms with Crippen molar-refractivity contribution in [3.63, 3.8) is 0 Å². The minimum absolute atomic E-state index is 0.406. The van der Waals surface area contributed by atoms with Gasteiger partial charge in [-0.1, -0.05) is 43.7 Å². The number of hydrogen-bond donors (Lipinski definition) is 1. The highest BCUT2D eigenvalue weighted by Gasteiger charge is 2.22. The quantitative estimate of drug-likeness (QED) is 0.828. The molecule has 2 nitrogen and oxygen atoms in total. The van der Waals surface area contributed by atoms with Crippen LogP contribution in [-0.4, -0.2) is 18.8 Å². The molecule has 0 radical (unpaired) electrons. The second kappa shape index (κ2) is 6.91. The maximum absolute atomic E-state index is 5.86. The molecule has 0 saturated carbocycles. The maximum Gasteiger partial charge on any atom is 0.0704 e. The summed E-state index contributed by atoms with van der Waals surface area (Å²) in [6.45, 7) is 5.39. The van der Waals surface area contributed by atoms with E-state index in [0.717, 1.165) is 6.54 Å². The molecule has 1 aromatic rings. The van der Waals surface area contributed by atoms with Gasteiger partial charge in [0.25, 0.3) is 0 Å². The SMILES string of the molecule is CCCC(NCC1CCC(C)O1)c1ccccc1. The van der Waals surface area contributed by atoms with E-state index in [1.807, 2.05) is 0 Å². The molecule has 3 unspecified atom stereocenters. The molecule has 1 aliphatic rings. The van der Waals surface area contributed by atoms with Crippen molar-refractivity contribution in [1.82, 2.24) is 5.32 Å². The fourth-order valence-corrected chi connectivity index (χ4v) is 2.67. The molecule has 1 N–H and O–H groups in total. The first kappa shape index (κ1) is 13.6. The van der Waals surface area contributed by atoms with E-state index in [1.165, 1.54) is 31.2 Å². The van der Waals surface area contributed by atoms with Gasteiger partial charge in [0.2, 0.25) is 0 Å². The third kappa shape index (κ3) is 3.82. The van der Waals surface area contributed by atoms with E-state index in [2.05, 4.69) is 49.5 Å². The highest BCUT2D eigenvalue weighted by Crippen LogP contribution is 2.21. The molecule has 0 bridgehead atoms. The minimum Gasteiger partial charge on any atom is -0.374 e. The molecule has 2 heteroatoms. The summed E-state index contributed by atoms with van der Waals surface area (Å²) >= 11 is 0. The molecule has 3 atom stereocenters. The number of nitrogens with one attached hydrogen (secondary N) is 1. The molecule has 100 valence electrons. The van der Waals surface area contributed by atoms with Crippen molar-refractivity contribution < 1.29 is 4.74 Å². The van der Waals surface area contributed by atoms with Gasteiger partial charge in [0, 0.05) is 12.6 Å². The molecule has 0 aliphatic carbocycles. The normalized spacial score (nSPS) is 25.2. The lowest BCUT2D eigenvalue weighted by molar-refractivity contribution is 0.0541. The Bertz CT molecular complexity index is 338. The lowest BCUT2D eigenvalue weighted by atomic mass is 10.0. The van der Waals surface area contributed by atoms with Crippen LogP contribution in [0.5, 0.6) is 0 Å². The van der Waals surface area contributed by atoms with Crippen LogP contribution in [0.3, 0.4) is 0 Å². The van der Waals surface area contributed by atoms with Gasteiger partial charge in [-0.2, -0.15) is 0 Å². The minimum atomic E-state index is 0.406. The molecule has 1 fully saturated rings. The monoisotopic (exact) mass is 247 g/mol. The third-order valence-electron chi connectivity index (χ3n) is 3.69.